The molecule has 0 saturated heterocycles. The quantitative estimate of drug-likeness (QED) is 0.724. The molecular weight excluding hydrogens is 197 g/mol. The van der Waals surface area contributed by atoms with Crippen LogP contribution in [-0.4, -0.2) is 36.4 Å². The average Bonchev–Trinajstić information content (AvgIpc) is 2.16. The van der Waals surface area contributed by atoms with Crippen molar-refractivity contribution in [2.75, 3.05) is 19.6 Å². The second kappa shape index (κ2) is 4.00. The summed E-state index contributed by atoms with van der Waals surface area (Å²) in [6, 6.07) is 0. The van der Waals surface area contributed by atoms with Gasteiger partial charge in [-0.25, -0.2) is 4.39 Å². The SMILES string of the molecule is NCC(F)(F)C(=O)N1CCC=C(F)C1. The topological polar surface area (TPSA) is 46.3 Å². The molecule has 0 spiro atoms. The van der Waals surface area contributed by atoms with Crippen LogP contribution < -0.4 is 5.73 Å². The van der Waals surface area contributed by atoms with Crippen molar-refractivity contribution in [3.63, 3.8) is 0 Å². The highest BCUT2D eigenvalue weighted by Gasteiger charge is 2.41. The lowest BCUT2D eigenvalue weighted by molar-refractivity contribution is -0.155. The number of hydrogen-bond acceptors (Lipinski definition) is 2. The molecule has 0 aliphatic carbocycles. The van der Waals surface area contributed by atoms with Crippen molar-refractivity contribution in [2.45, 2.75) is 12.3 Å². The summed E-state index contributed by atoms with van der Waals surface area (Å²) in [7, 11) is 0. The van der Waals surface area contributed by atoms with Gasteiger partial charge in [-0.3, -0.25) is 4.79 Å². The number of carbonyl (C=O) groups is 1. The summed E-state index contributed by atoms with van der Waals surface area (Å²) in [6.45, 7) is -1.32. The van der Waals surface area contributed by atoms with Crippen molar-refractivity contribution in [1.29, 1.82) is 0 Å². The lowest BCUT2D eigenvalue weighted by Gasteiger charge is -2.27. The fourth-order valence-electron chi connectivity index (χ4n) is 1.19. The molecule has 0 unspecified atom stereocenters. The summed E-state index contributed by atoms with van der Waals surface area (Å²) >= 11 is 0. The Morgan fingerprint density at radius 2 is 2.29 bits per heavy atom. The van der Waals surface area contributed by atoms with Crippen LogP contribution in [0.2, 0.25) is 0 Å². The van der Waals surface area contributed by atoms with Gasteiger partial charge >= 0.3 is 5.92 Å². The molecule has 3 nitrogen and oxygen atoms in total. The minimum atomic E-state index is -3.59. The molecule has 80 valence electrons. The third-order valence-corrected chi connectivity index (χ3v) is 1.96. The van der Waals surface area contributed by atoms with E-state index < -0.39 is 24.2 Å². The number of rotatable bonds is 2. The Morgan fingerprint density at radius 1 is 1.64 bits per heavy atom. The zero-order valence-corrected chi connectivity index (χ0v) is 7.47. The average molecular weight is 208 g/mol. The third-order valence-electron chi connectivity index (χ3n) is 1.96. The molecule has 0 fully saturated rings. The van der Waals surface area contributed by atoms with Crippen LogP contribution in [0.1, 0.15) is 6.42 Å². The monoisotopic (exact) mass is 208 g/mol. The lowest BCUT2D eigenvalue weighted by Crippen LogP contribution is -2.49. The van der Waals surface area contributed by atoms with Gasteiger partial charge in [0.05, 0.1) is 13.1 Å². The van der Waals surface area contributed by atoms with Crippen LogP contribution >= 0.6 is 0 Å². The van der Waals surface area contributed by atoms with Gasteiger partial charge < -0.3 is 10.6 Å². The maximum absolute atomic E-state index is 12.8. The molecule has 0 aromatic carbocycles. The highest BCUT2D eigenvalue weighted by Crippen LogP contribution is 2.19. The predicted molar refractivity (Wildman–Crippen MR) is 44.4 cm³/mol. The number of carbonyl (C=O) groups excluding carboxylic acids is 1. The van der Waals surface area contributed by atoms with E-state index in [1.165, 1.54) is 6.08 Å². The lowest BCUT2D eigenvalue weighted by atomic mass is 10.2. The second-order valence-corrected chi connectivity index (χ2v) is 3.07. The van der Waals surface area contributed by atoms with Gasteiger partial charge in [-0.1, -0.05) is 0 Å². The van der Waals surface area contributed by atoms with Crippen molar-refractivity contribution < 1.29 is 18.0 Å². The van der Waals surface area contributed by atoms with Crippen LogP contribution in [0.15, 0.2) is 11.9 Å². The van der Waals surface area contributed by atoms with Gasteiger partial charge in [0.15, 0.2) is 0 Å². The molecule has 2 N–H and O–H groups in total. The van der Waals surface area contributed by atoms with Crippen LogP contribution in [0, 0.1) is 0 Å². The maximum Gasteiger partial charge on any atom is 0.336 e. The Bertz CT molecular complexity index is 265. The molecule has 1 aliphatic rings. The summed E-state index contributed by atoms with van der Waals surface area (Å²) in [5.41, 5.74) is 4.74. The van der Waals surface area contributed by atoms with Crippen LogP contribution in [0.4, 0.5) is 13.2 Å². The zero-order chi connectivity index (χ0) is 10.8. The Balaban J connectivity index is 2.67. The number of halogens is 3. The molecule has 0 aromatic heterocycles. The van der Waals surface area contributed by atoms with Crippen molar-refractivity contribution >= 4 is 5.91 Å². The van der Waals surface area contributed by atoms with E-state index in [-0.39, 0.29) is 19.5 Å². The van der Waals surface area contributed by atoms with Crippen molar-refractivity contribution in [3.05, 3.63) is 11.9 Å². The first kappa shape index (κ1) is 11.0. The number of hydrogen-bond donors (Lipinski definition) is 1. The van der Waals surface area contributed by atoms with Crippen molar-refractivity contribution in [1.82, 2.24) is 4.90 Å². The van der Waals surface area contributed by atoms with E-state index in [9.17, 15) is 18.0 Å². The van der Waals surface area contributed by atoms with Crippen LogP contribution in [-0.2, 0) is 4.79 Å². The highest BCUT2D eigenvalue weighted by atomic mass is 19.3. The predicted octanol–water partition coefficient (Wildman–Crippen LogP) is 0.666. The summed E-state index contributed by atoms with van der Waals surface area (Å²) < 4.78 is 38.3. The van der Waals surface area contributed by atoms with Gasteiger partial charge in [0.2, 0.25) is 0 Å². The molecular formula is C8H11F3N2O. The van der Waals surface area contributed by atoms with Gasteiger partial charge in [-0.05, 0) is 12.5 Å². The number of alkyl halides is 2. The first-order valence-corrected chi connectivity index (χ1v) is 4.19. The summed E-state index contributed by atoms with van der Waals surface area (Å²) in [4.78, 5) is 11.9. The molecule has 0 bridgehead atoms. The fraction of sp³-hybridized carbons (Fsp3) is 0.625. The van der Waals surface area contributed by atoms with E-state index in [0.717, 1.165) is 4.90 Å². The number of amides is 1. The van der Waals surface area contributed by atoms with E-state index in [1.54, 1.807) is 0 Å². The van der Waals surface area contributed by atoms with Gasteiger partial charge in [-0.2, -0.15) is 8.78 Å². The molecule has 0 radical (unpaired) electrons. The number of nitrogens with zero attached hydrogens (tertiary/aromatic N) is 1. The molecule has 1 amide bonds. The van der Waals surface area contributed by atoms with E-state index in [2.05, 4.69) is 0 Å². The normalized spacial score (nSPS) is 18.0. The Hall–Kier alpha value is -1.04. The molecule has 14 heavy (non-hydrogen) atoms. The molecule has 0 aromatic rings. The minimum absolute atomic E-state index is 0.113. The minimum Gasteiger partial charge on any atom is -0.330 e. The zero-order valence-electron chi connectivity index (χ0n) is 7.47. The van der Waals surface area contributed by atoms with E-state index in [4.69, 9.17) is 5.73 Å². The molecule has 0 saturated carbocycles. The van der Waals surface area contributed by atoms with Crippen molar-refractivity contribution in [2.24, 2.45) is 5.73 Å². The highest BCUT2D eigenvalue weighted by molar-refractivity contribution is 5.84. The first-order chi connectivity index (χ1) is 6.47. The van der Waals surface area contributed by atoms with Crippen molar-refractivity contribution in [3.8, 4) is 0 Å². The second-order valence-electron chi connectivity index (χ2n) is 3.07. The smallest absolute Gasteiger partial charge is 0.330 e. The van der Waals surface area contributed by atoms with Crippen LogP contribution in [0.5, 0.6) is 0 Å². The van der Waals surface area contributed by atoms with E-state index >= 15 is 0 Å². The van der Waals surface area contributed by atoms with Crippen LogP contribution in [0.25, 0.3) is 0 Å². The molecule has 6 heteroatoms. The first-order valence-electron chi connectivity index (χ1n) is 4.19. The Kier molecular flexibility index (Phi) is 3.15. The van der Waals surface area contributed by atoms with Crippen LogP contribution in [0.3, 0.4) is 0 Å². The third kappa shape index (κ3) is 2.25. The Morgan fingerprint density at radius 3 is 2.79 bits per heavy atom. The summed E-state index contributed by atoms with van der Waals surface area (Å²) in [5.74, 6) is -5.54. The summed E-state index contributed by atoms with van der Waals surface area (Å²) in [6.07, 6.45) is 1.54. The van der Waals surface area contributed by atoms with E-state index in [1.807, 2.05) is 0 Å². The van der Waals surface area contributed by atoms with Gasteiger partial charge in [-0.15, -0.1) is 0 Å². The summed E-state index contributed by atoms with van der Waals surface area (Å²) in [5, 5.41) is 0. The standard InChI is InChI=1S/C8H11F3N2O/c9-6-2-1-3-13(4-6)7(14)8(10,11)5-12/h2H,1,3-5,12H2. The van der Waals surface area contributed by atoms with Gasteiger partial charge in [0, 0.05) is 6.54 Å². The molecule has 1 aliphatic heterocycles. The molecule has 1 rings (SSSR count). The number of nitrogens with two attached hydrogens (primary N) is 1. The Labute approximate surface area is 79.4 Å². The molecule has 0 atom stereocenters. The maximum atomic E-state index is 12.8. The van der Waals surface area contributed by atoms with E-state index in [0.29, 0.717) is 0 Å². The van der Waals surface area contributed by atoms with Gasteiger partial charge in [0.25, 0.3) is 5.91 Å². The fourth-order valence-corrected chi connectivity index (χ4v) is 1.19. The van der Waals surface area contributed by atoms with Gasteiger partial charge in [0.1, 0.15) is 5.83 Å². The largest absolute Gasteiger partial charge is 0.336 e. The molecule has 1 heterocycles.